The van der Waals surface area contributed by atoms with Gasteiger partial charge >= 0.3 is 0 Å². The number of piperidine rings is 1. The maximum atomic E-state index is 13.5. The topological polar surface area (TPSA) is 77.2 Å². The average Bonchev–Trinajstić information content (AvgIpc) is 3.59. The van der Waals surface area contributed by atoms with Gasteiger partial charge < -0.3 is 15.6 Å². The van der Waals surface area contributed by atoms with Crippen LogP contribution in [0.2, 0.25) is 0 Å². The first kappa shape index (κ1) is 25.4. The second-order valence-corrected chi connectivity index (χ2v) is 11.2. The number of aryl methyl sites for hydroxylation is 3. The molecule has 0 spiro atoms. The molecular formula is C33H36N4O2. The van der Waals surface area contributed by atoms with E-state index in [2.05, 4.69) is 63.8 Å². The average molecular weight is 521 g/mol. The summed E-state index contributed by atoms with van der Waals surface area (Å²) in [6, 6.07) is 22.8. The number of carbonyl (C=O) groups is 2. The summed E-state index contributed by atoms with van der Waals surface area (Å²) in [6.07, 6.45) is 5.96. The first-order valence-corrected chi connectivity index (χ1v) is 14.0. The van der Waals surface area contributed by atoms with E-state index in [4.69, 9.17) is 0 Å². The monoisotopic (exact) mass is 520 g/mol. The number of nitrogens with zero attached hydrogens (tertiary/aromatic N) is 1. The van der Waals surface area contributed by atoms with E-state index in [9.17, 15) is 9.59 Å². The van der Waals surface area contributed by atoms with Gasteiger partial charge in [-0.25, -0.2) is 0 Å². The maximum Gasteiger partial charge on any atom is 0.228 e. The van der Waals surface area contributed by atoms with E-state index >= 15 is 0 Å². The van der Waals surface area contributed by atoms with Crippen molar-refractivity contribution in [2.24, 2.45) is 11.8 Å². The lowest BCUT2D eigenvalue weighted by Crippen LogP contribution is -2.48. The maximum absolute atomic E-state index is 13.5. The number of para-hydroxylation sites is 1. The molecule has 0 radical (unpaired) electrons. The minimum absolute atomic E-state index is 0.00657. The van der Waals surface area contributed by atoms with Crippen molar-refractivity contribution in [3.05, 3.63) is 101 Å². The summed E-state index contributed by atoms with van der Waals surface area (Å²) in [4.78, 5) is 32.5. The van der Waals surface area contributed by atoms with Crippen molar-refractivity contribution in [1.82, 2.24) is 15.2 Å². The van der Waals surface area contributed by atoms with Crippen molar-refractivity contribution in [2.45, 2.75) is 45.7 Å². The predicted molar refractivity (Wildman–Crippen MR) is 155 cm³/mol. The minimum Gasteiger partial charge on any atom is -0.361 e. The summed E-state index contributed by atoms with van der Waals surface area (Å²) in [5.41, 5.74) is 8.14. The molecule has 1 aliphatic heterocycles. The Morgan fingerprint density at radius 2 is 1.69 bits per heavy atom. The van der Waals surface area contributed by atoms with Gasteiger partial charge in [0, 0.05) is 49.0 Å². The number of rotatable bonds is 7. The lowest BCUT2D eigenvalue weighted by Gasteiger charge is -2.36. The number of H-pyrrole nitrogens is 1. The van der Waals surface area contributed by atoms with E-state index in [1.165, 1.54) is 34.1 Å². The SMILES string of the molecule is Cc1ccc(CNC(=O)[C@H]2C[C@@H](C(=O)Nc3ccc4c(c3)CCC4)CN(Cc3c[nH]c4ccccc34)C2)cc1. The molecule has 39 heavy (non-hydrogen) atoms. The lowest BCUT2D eigenvalue weighted by molar-refractivity contribution is -0.130. The van der Waals surface area contributed by atoms with Gasteiger partial charge in [-0.05, 0) is 73.1 Å². The molecule has 6 heteroatoms. The second kappa shape index (κ2) is 11.1. The number of nitrogens with one attached hydrogen (secondary N) is 3. The van der Waals surface area contributed by atoms with Crippen LogP contribution in [0.5, 0.6) is 0 Å². The summed E-state index contributed by atoms with van der Waals surface area (Å²) < 4.78 is 0. The van der Waals surface area contributed by atoms with Gasteiger partial charge in [0.1, 0.15) is 0 Å². The van der Waals surface area contributed by atoms with Gasteiger partial charge in [-0.3, -0.25) is 14.5 Å². The number of aromatic amines is 1. The number of hydrogen-bond donors (Lipinski definition) is 3. The minimum atomic E-state index is -0.271. The van der Waals surface area contributed by atoms with Gasteiger partial charge in [-0.15, -0.1) is 0 Å². The van der Waals surface area contributed by atoms with Crippen molar-refractivity contribution >= 4 is 28.4 Å². The fraction of sp³-hybridized carbons (Fsp3) is 0.333. The number of amides is 2. The van der Waals surface area contributed by atoms with Crippen LogP contribution in [-0.4, -0.2) is 34.8 Å². The normalized spacial score (nSPS) is 19.1. The molecule has 1 aromatic heterocycles. The van der Waals surface area contributed by atoms with E-state index in [1.54, 1.807) is 0 Å². The third-order valence-electron chi connectivity index (χ3n) is 8.29. The molecule has 3 aromatic carbocycles. The van der Waals surface area contributed by atoms with E-state index in [0.29, 0.717) is 32.6 Å². The standard InChI is InChI=1S/C33H36N4O2/c1-22-9-11-23(12-10-22)17-35-32(38)26-15-27(33(39)36-29-14-13-24-5-4-6-25(24)16-29)20-37(19-26)21-28-18-34-31-8-3-2-7-30(28)31/h2-3,7-14,16,18,26-27,34H,4-6,15,17,19-21H2,1H3,(H,35,38)(H,36,39)/t26-,27+/m0/s1. The Morgan fingerprint density at radius 3 is 2.54 bits per heavy atom. The zero-order valence-corrected chi connectivity index (χ0v) is 22.5. The van der Waals surface area contributed by atoms with Crippen LogP contribution in [-0.2, 0) is 35.5 Å². The predicted octanol–water partition coefficient (Wildman–Crippen LogP) is 5.36. The highest BCUT2D eigenvalue weighted by molar-refractivity contribution is 5.93. The van der Waals surface area contributed by atoms with Crippen LogP contribution in [0, 0.1) is 18.8 Å². The number of aromatic nitrogens is 1. The lowest BCUT2D eigenvalue weighted by atomic mass is 9.87. The molecule has 200 valence electrons. The molecule has 0 unspecified atom stereocenters. The number of fused-ring (bicyclic) bond motifs is 2. The molecule has 2 heterocycles. The van der Waals surface area contributed by atoms with E-state index in [-0.39, 0.29) is 23.7 Å². The van der Waals surface area contributed by atoms with Gasteiger partial charge in [0.05, 0.1) is 11.8 Å². The Hall–Kier alpha value is -3.90. The molecule has 0 saturated carbocycles. The fourth-order valence-electron chi connectivity index (χ4n) is 6.14. The molecule has 1 aliphatic carbocycles. The molecule has 0 bridgehead atoms. The Balaban J connectivity index is 1.18. The van der Waals surface area contributed by atoms with E-state index < -0.39 is 0 Å². The first-order chi connectivity index (χ1) is 19.0. The third kappa shape index (κ3) is 5.76. The summed E-state index contributed by atoms with van der Waals surface area (Å²) in [6.45, 7) is 4.49. The van der Waals surface area contributed by atoms with E-state index in [0.717, 1.165) is 29.6 Å². The Labute approximate surface area is 229 Å². The van der Waals surface area contributed by atoms with Crippen LogP contribution in [0.1, 0.15) is 40.7 Å². The number of carbonyl (C=O) groups excluding carboxylic acids is 2. The zero-order chi connectivity index (χ0) is 26.8. The Bertz CT molecular complexity index is 1490. The number of benzene rings is 3. The van der Waals surface area contributed by atoms with Crippen molar-refractivity contribution in [3.63, 3.8) is 0 Å². The van der Waals surface area contributed by atoms with Crippen LogP contribution in [0.3, 0.4) is 0 Å². The van der Waals surface area contributed by atoms with Crippen molar-refractivity contribution in [1.29, 1.82) is 0 Å². The van der Waals surface area contributed by atoms with Crippen molar-refractivity contribution < 1.29 is 9.59 Å². The van der Waals surface area contributed by atoms with Crippen molar-refractivity contribution in [2.75, 3.05) is 18.4 Å². The molecule has 2 atom stereocenters. The summed E-state index contributed by atoms with van der Waals surface area (Å²) in [5, 5.41) is 7.48. The highest BCUT2D eigenvalue weighted by Crippen LogP contribution is 2.29. The zero-order valence-electron chi connectivity index (χ0n) is 22.5. The Kier molecular flexibility index (Phi) is 7.20. The quantitative estimate of drug-likeness (QED) is 0.307. The Morgan fingerprint density at radius 1 is 0.923 bits per heavy atom. The second-order valence-electron chi connectivity index (χ2n) is 11.2. The fourth-order valence-corrected chi connectivity index (χ4v) is 6.14. The van der Waals surface area contributed by atoms with Crippen LogP contribution in [0.25, 0.3) is 10.9 Å². The highest BCUT2D eigenvalue weighted by atomic mass is 16.2. The van der Waals surface area contributed by atoms with Crippen LogP contribution in [0.4, 0.5) is 5.69 Å². The number of likely N-dealkylation sites (tertiary alicyclic amines) is 1. The van der Waals surface area contributed by atoms with Crippen LogP contribution < -0.4 is 10.6 Å². The molecule has 6 nitrogen and oxygen atoms in total. The van der Waals surface area contributed by atoms with Gasteiger partial charge in [0.15, 0.2) is 0 Å². The van der Waals surface area contributed by atoms with Crippen LogP contribution in [0.15, 0.2) is 72.9 Å². The van der Waals surface area contributed by atoms with Gasteiger partial charge in [0.2, 0.25) is 11.8 Å². The van der Waals surface area contributed by atoms with Crippen LogP contribution >= 0.6 is 0 Å². The third-order valence-corrected chi connectivity index (χ3v) is 8.29. The van der Waals surface area contributed by atoms with Gasteiger partial charge in [-0.1, -0.05) is 54.1 Å². The van der Waals surface area contributed by atoms with E-state index in [1.807, 2.05) is 36.5 Å². The smallest absolute Gasteiger partial charge is 0.228 e. The molecule has 2 amide bonds. The number of hydrogen-bond acceptors (Lipinski definition) is 3. The summed E-state index contributed by atoms with van der Waals surface area (Å²) >= 11 is 0. The number of anilines is 1. The molecular weight excluding hydrogens is 484 g/mol. The molecule has 6 rings (SSSR count). The largest absolute Gasteiger partial charge is 0.361 e. The first-order valence-electron chi connectivity index (χ1n) is 14.0. The molecule has 2 aliphatic rings. The summed E-state index contributed by atoms with van der Waals surface area (Å²) in [5.74, 6) is -0.528. The highest BCUT2D eigenvalue weighted by Gasteiger charge is 2.35. The van der Waals surface area contributed by atoms with Gasteiger partial charge in [-0.2, -0.15) is 0 Å². The van der Waals surface area contributed by atoms with Crippen molar-refractivity contribution in [3.8, 4) is 0 Å². The molecule has 4 aromatic rings. The molecule has 3 N–H and O–H groups in total. The molecule has 1 saturated heterocycles. The summed E-state index contributed by atoms with van der Waals surface area (Å²) in [7, 11) is 0. The molecule has 1 fully saturated rings. The van der Waals surface area contributed by atoms with Gasteiger partial charge in [0.25, 0.3) is 0 Å².